The minimum absolute atomic E-state index is 0.356. The summed E-state index contributed by atoms with van der Waals surface area (Å²) >= 11 is 0. The highest BCUT2D eigenvalue weighted by Crippen LogP contribution is 2.02. The molecule has 42 valence electrons. The van der Waals surface area contributed by atoms with Crippen molar-refractivity contribution in [1.82, 2.24) is 4.98 Å². The van der Waals surface area contributed by atoms with Gasteiger partial charge >= 0.3 is 0 Å². The van der Waals surface area contributed by atoms with Gasteiger partial charge in [-0.2, -0.15) is 0 Å². The lowest BCUT2D eigenvalue weighted by Gasteiger charge is -1.92. The molecule has 0 amide bonds. The lowest BCUT2D eigenvalue weighted by molar-refractivity contribution is 1.21. The second-order valence-electron chi connectivity index (χ2n) is 1.24. The number of hydrogen-bond acceptors (Lipinski definition) is 2. The number of rotatable bonds is 0. The van der Waals surface area contributed by atoms with E-state index in [1.165, 1.54) is 0 Å². The Balaban J connectivity index is 3.49. The first kappa shape index (κ1) is 1.47. The molecule has 0 radical (unpaired) electrons. The molecule has 0 unspecified atom stereocenters. The standard InChI is InChI=1S/C6H8N2/c1-5-6(7)3-2-4-8-5/h2-4H,7H2,1H3/i1D3,2D,3D,4D. The molecule has 0 saturated carbocycles. The Morgan fingerprint density at radius 3 is 3.62 bits per heavy atom. The highest BCUT2D eigenvalue weighted by atomic mass is 14.7. The van der Waals surface area contributed by atoms with Gasteiger partial charge in [-0.15, -0.1) is 0 Å². The van der Waals surface area contributed by atoms with Gasteiger partial charge in [0.25, 0.3) is 0 Å². The molecule has 0 atom stereocenters. The van der Waals surface area contributed by atoms with Crippen LogP contribution in [0.3, 0.4) is 0 Å². The average Bonchev–Trinajstić information content (AvgIpc) is 2.06. The van der Waals surface area contributed by atoms with Gasteiger partial charge in [-0.1, -0.05) is 0 Å². The predicted octanol–water partition coefficient (Wildman–Crippen LogP) is 0.972. The minimum atomic E-state index is -2.55. The Morgan fingerprint density at radius 2 is 2.88 bits per heavy atom. The summed E-state index contributed by atoms with van der Waals surface area (Å²) in [6.45, 7) is -2.55. The van der Waals surface area contributed by atoms with E-state index < -0.39 is 30.8 Å². The van der Waals surface area contributed by atoms with Crippen LogP contribution < -0.4 is 5.73 Å². The largest absolute Gasteiger partial charge is 0.397 e. The summed E-state index contributed by atoms with van der Waals surface area (Å²) in [5.41, 5.74) is 4.49. The van der Waals surface area contributed by atoms with E-state index in [1.54, 1.807) is 0 Å². The van der Waals surface area contributed by atoms with Crippen LogP contribution in [0.4, 0.5) is 5.69 Å². The molecule has 8 heavy (non-hydrogen) atoms. The summed E-state index contributed by atoms with van der Waals surface area (Å²) in [6.07, 6.45) is -0.546. The number of nitrogen functional groups attached to an aromatic ring is 1. The lowest BCUT2D eigenvalue weighted by Crippen LogP contribution is -1.89. The van der Waals surface area contributed by atoms with E-state index in [-0.39, 0.29) is 5.69 Å². The molecular weight excluding hydrogens is 100 g/mol. The van der Waals surface area contributed by atoms with E-state index >= 15 is 0 Å². The number of nitrogens with zero attached hydrogens (tertiary/aromatic N) is 1. The number of nitrogens with two attached hydrogens (primary N) is 1. The first-order valence-electron chi connectivity index (χ1n) is 4.99. The summed E-state index contributed by atoms with van der Waals surface area (Å²) in [4.78, 5) is 3.38. The number of aromatic nitrogens is 1. The van der Waals surface area contributed by atoms with Crippen LogP contribution in [0.25, 0.3) is 0 Å². The van der Waals surface area contributed by atoms with Crippen LogP contribution in [0.2, 0.25) is 0 Å². The van der Waals surface area contributed by atoms with E-state index in [0.717, 1.165) is 0 Å². The Bertz CT molecular complexity index is 372. The molecule has 0 aliphatic rings. The monoisotopic (exact) mass is 114 g/mol. The third-order valence-corrected chi connectivity index (χ3v) is 0.676. The minimum Gasteiger partial charge on any atom is -0.397 e. The Morgan fingerprint density at radius 1 is 2.00 bits per heavy atom. The molecule has 0 spiro atoms. The van der Waals surface area contributed by atoms with Crippen LogP contribution in [-0.2, 0) is 0 Å². The van der Waals surface area contributed by atoms with Crippen molar-refractivity contribution < 1.29 is 8.22 Å². The van der Waals surface area contributed by atoms with E-state index in [9.17, 15) is 0 Å². The van der Waals surface area contributed by atoms with Gasteiger partial charge in [0.15, 0.2) is 0 Å². The molecular formula is C6H8N2. The molecule has 0 aromatic carbocycles. The van der Waals surface area contributed by atoms with Crippen LogP contribution >= 0.6 is 0 Å². The summed E-state index contributed by atoms with van der Waals surface area (Å²) < 4.78 is 42.7. The zero-order chi connectivity index (χ0) is 11.1. The Labute approximate surface area is 56.8 Å². The molecule has 1 heterocycles. The van der Waals surface area contributed by atoms with Gasteiger partial charge in [0.2, 0.25) is 0 Å². The molecule has 1 aromatic rings. The third kappa shape index (κ3) is 0.780. The second-order valence-corrected chi connectivity index (χ2v) is 1.24. The summed E-state index contributed by atoms with van der Waals surface area (Å²) in [5.74, 6) is 0. The maximum Gasteiger partial charge on any atom is 0.0840 e. The smallest absolute Gasteiger partial charge is 0.0840 e. The number of pyridine rings is 1. The van der Waals surface area contributed by atoms with Crippen molar-refractivity contribution in [3.8, 4) is 0 Å². The van der Waals surface area contributed by atoms with Crippen LogP contribution in [0.15, 0.2) is 18.3 Å². The van der Waals surface area contributed by atoms with Crippen molar-refractivity contribution in [3.05, 3.63) is 24.0 Å². The fraction of sp³-hybridized carbons (Fsp3) is 0.167. The zero-order valence-corrected chi connectivity index (χ0v) is 4.02. The van der Waals surface area contributed by atoms with E-state index in [2.05, 4.69) is 4.98 Å². The molecule has 2 nitrogen and oxygen atoms in total. The van der Waals surface area contributed by atoms with Crippen molar-refractivity contribution in [2.45, 2.75) is 6.85 Å². The third-order valence-electron chi connectivity index (χ3n) is 0.676. The van der Waals surface area contributed by atoms with E-state index in [4.69, 9.17) is 14.0 Å². The van der Waals surface area contributed by atoms with E-state index in [1.807, 2.05) is 0 Å². The quantitative estimate of drug-likeness (QED) is 0.546. The fourth-order valence-electron chi connectivity index (χ4n) is 0.299. The first-order valence-corrected chi connectivity index (χ1v) is 1.99. The van der Waals surface area contributed by atoms with Crippen LogP contribution in [0.1, 0.15) is 13.9 Å². The topological polar surface area (TPSA) is 38.9 Å². The summed E-state index contributed by atoms with van der Waals surface area (Å²) in [5, 5.41) is 0. The van der Waals surface area contributed by atoms with Crippen molar-refractivity contribution >= 4 is 5.69 Å². The van der Waals surface area contributed by atoms with Gasteiger partial charge in [-0.05, 0) is 18.9 Å². The second kappa shape index (κ2) is 1.82. The molecule has 0 aliphatic heterocycles. The SMILES string of the molecule is [2H]c1nc(C([2H])([2H])[2H])c(N)c([2H])c1[2H]. The first-order chi connectivity index (χ1) is 6.25. The average molecular weight is 114 g/mol. The summed E-state index contributed by atoms with van der Waals surface area (Å²) in [7, 11) is 0. The molecule has 0 aliphatic carbocycles. The van der Waals surface area contributed by atoms with Gasteiger partial charge in [-0.3, -0.25) is 4.98 Å². The normalized spacial score (nSPS) is 21.5. The molecule has 0 fully saturated rings. The zero-order valence-electron chi connectivity index (χ0n) is 10.0. The molecule has 0 bridgehead atoms. The van der Waals surface area contributed by atoms with Gasteiger partial charge in [0, 0.05) is 10.3 Å². The van der Waals surface area contributed by atoms with Crippen molar-refractivity contribution in [1.29, 1.82) is 0 Å². The maximum absolute atomic E-state index is 7.28. The molecule has 2 heteroatoms. The maximum atomic E-state index is 7.28. The van der Waals surface area contributed by atoms with Crippen molar-refractivity contribution in [2.75, 3.05) is 5.73 Å². The molecule has 0 saturated heterocycles. The van der Waals surface area contributed by atoms with Gasteiger partial charge in [-0.25, -0.2) is 0 Å². The van der Waals surface area contributed by atoms with Gasteiger partial charge < -0.3 is 5.73 Å². The number of aryl methyl sites for hydroxylation is 1. The van der Waals surface area contributed by atoms with Gasteiger partial charge in [0.1, 0.15) is 0 Å². The molecule has 1 rings (SSSR count). The van der Waals surface area contributed by atoms with E-state index in [0.29, 0.717) is 0 Å². The highest BCUT2D eigenvalue weighted by Gasteiger charge is 1.86. The number of hydrogen-bond donors (Lipinski definition) is 1. The van der Waals surface area contributed by atoms with Crippen molar-refractivity contribution in [3.63, 3.8) is 0 Å². The molecule has 1 aromatic heterocycles. The number of anilines is 1. The fourth-order valence-corrected chi connectivity index (χ4v) is 0.299. The van der Waals surface area contributed by atoms with Crippen LogP contribution in [-0.4, -0.2) is 4.98 Å². The van der Waals surface area contributed by atoms with Crippen molar-refractivity contribution in [2.24, 2.45) is 0 Å². The lowest BCUT2D eigenvalue weighted by atomic mass is 10.3. The summed E-state index contributed by atoms with van der Waals surface area (Å²) in [6, 6.07) is -0.924. The van der Waals surface area contributed by atoms with Crippen LogP contribution in [0, 0.1) is 6.85 Å². The predicted molar refractivity (Wildman–Crippen MR) is 33.4 cm³/mol. The van der Waals surface area contributed by atoms with Crippen LogP contribution in [0.5, 0.6) is 0 Å². The highest BCUT2D eigenvalue weighted by molar-refractivity contribution is 5.40. The molecule has 2 N–H and O–H groups in total. The Kier molecular flexibility index (Phi) is 0.334. The Hall–Kier alpha value is -1.05. The van der Waals surface area contributed by atoms with Gasteiger partial charge in [0.05, 0.1) is 15.5 Å².